The smallest absolute Gasteiger partial charge is 0.133 e. The number of hydrogen-bond donors (Lipinski definition) is 2. The number of aromatic nitrogens is 1. The van der Waals surface area contributed by atoms with Gasteiger partial charge < -0.3 is 15.4 Å². The molecule has 0 radical (unpaired) electrons. The molecule has 1 saturated heterocycles. The summed E-state index contributed by atoms with van der Waals surface area (Å²) in [6.45, 7) is 2.79. The number of hydrogen-bond acceptors (Lipinski definition) is 4. The second kappa shape index (κ2) is 8.72. The molecule has 2 aliphatic heterocycles. The van der Waals surface area contributed by atoms with Gasteiger partial charge in [0.05, 0.1) is 0 Å². The number of anilines is 1. The number of benzene rings is 2. The van der Waals surface area contributed by atoms with Crippen LogP contribution in [0.3, 0.4) is 0 Å². The molecule has 0 spiro atoms. The average Bonchev–Trinajstić information content (AvgIpc) is 2.84. The molecule has 2 aliphatic rings. The van der Waals surface area contributed by atoms with Crippen molar-refractivity contribution >= 4 is 11.5 Å². The van der Waals surface area contributed by atoms with Gasteiger partial charge in [0, 0.05) is 11.9 Å². The fraction of sp³-hybridized carbons (Fsp3) is 0.269. The number of ether oxygens (including phenoxy) is 1. The minimum atomic E-state index is 0.570. The zero-order valence-electron chi connectivity index (χ0n) is 17.1. The Hall–Kier alpha value is -3.11. The van der Waals surface area contributed by atoms with E-state index in [0.717, 1.165) is 42.3 Å². The first kappa shape index (κ1) is 18.9. The van der Waals surface area contributed by atoms with Crippen LogP contribution in [0.5, 0.6) is 5.75 Å². The van der Waals surface area contributed by atoms with E-state index in [9.17, 15) is 0 Å². The Morgan fingerprint density at radius 3 is 2.57 bits per heavy atom. The van der Waals surface area contributed by atoms with E-state index in [1.165, 1.54) is 29.5 Å². The normalized spacial score (nSPS) is 16.3. The van der Waals surface area contributed by atoms with Gasteiger partial charge in [-0.1, -0.05) is 48.5 Å². The van der Waals surface area contributed by atoms with Crippen LogP contribution in [0, 0.1) is 0 Å². The topological polar surface area (TPSA) is 46.2 Å². The SMILES string of the molecule is C1=C(c2ccc(COc3ccccc3)cc2)Nc2ncc(C3CCNCC3)cc2C1. The molecule has 1 fully saturated rings. The third-order valence-corrected chi connectivity index (χ3v) is 5.99. The molecule has 1 aromatic heterocycles. The maximum atomic E-state index is 5.84. The Balaban J connectivity index is 1.24. The van der Waals surface area contributed by atoms with Crippen LogP contribution in [0.25, 0.3) is 5.70 Å². The molecule has 152 valence electrons. The molecule has 4 nitrogen and oxygen atoms in total. The van der Waals surface area contributed by atoms with Gasteiger partial charge in [-0.2, -0.15) is 0 Å². The van der Waals surface area contributed by atoms with Crippen molar-refractivity contribution in [2.45, 2.75) is 31.8 Å². The first-order valence-electron chi connectivity index (χ1n) is 10.8. The molecule has 2 N–H and O–H groups in total. The van der Waals surface area contributed by atoms with Gasteiger partial charge in [-0.15, -0.1) is 0 Å². The van der Waals surface area contributed by atoms with Crippen LogP contribution in [0.1, 0.15) is 41.0 Å². The summed E-state index contributed by atoms with van der Waals surface area (Å²) >= 11 is 0. The van der Waals surface area contributed by atoms with Crippen LogP contribution in [0.4, 0.5) is 5.82 Å². The molecule has 0 unspecified atom stereocenters. The lowest BCUT2D eigenvalue weighted by Gasteiger charge is -2.25. The minimum absolute atomic E-state index is 0.570. The van der Waals surface area contributed by atoms with Gasteiger partial charge in [-0.05, 0) is 78.7 Å². The lowest BCUT2D eigenvalue weighted by atomic mass is 9.90. The van der Waals surface area contributed by atoms with E-state index >= 15 is 0 Å². The summed E-state index contributed by atoms with van der Waals surface area (Å²) in [6.07, 6.45) is 7.66. The monoisotopic (exact) mass is 397 g/mol. The first-order valence-corrected chi connectivity index (χ1v) is 10.8. The number of piperidine rings is 1. The standard InChI is InChI=1S/C26H27N3O/c1-2-4-24(5-3-1)30-18-19-6-8-21(9-7-19)25-11-10-22-16-23(17-28-26(22)29-25)20-12-14-27-15-13-20/h1-9,11,16-17,20,27H,10,12-15,18H2,(H,28,29). The Kier molecular flexibility index (Phi) is 5.49. The van der Waals surface area contributed by atoms with E-state index in [-0.39, 0.29) is 0 Å². The van der Waals surface area contributed by atoms with E-state index in [4.69, 9.17) is 9.72 Å². The van der Waals surface area contributed by atoms with Gasteiger partial charge in [0.2, 0.25) is 0 Å². The molecule has 0 amide bonds. The Morgan fingerprint density at radius 2 is 1.77 bits per heavy atom. The van der Waals surface area contributed by atoms with E-state index < -0.39 is 0 Å². The van der Waals surface area contributed by atoms with Gasteiger partial charge in [-0.3, -0.25) is 0 Å². The number of nitrogens with one attached hydrogen (secondary N) is 2. The zero-order chi connectivity index (χ0) is 20.2. The van der Waals surface area contributed by atoms with Gasteiger partial charge in [0.25, 0.3) is 0 Å². The van der Waals surface area contributed by atoms with Crippen LogP contribution in [-0.2, 0) is 13.0 Å². The highest BCUT2D eigenvalue weighted by Crippen LogP contribution is 2.31. The van der Waals surface area contributed by atoms with Crippen molar-refractivity contribution in [1.29, 1.82) is 0 Å². The highest BCUT2D eigenvalue weighted by molar-refractivity contribution is 5.79. The number of allylic oxidation sites excluding steroid dienone is 1. The lowest BCUT2D eigenvalue weighted by Crippen LogP contribution is -2.26. The first-order chi connectivity index (χ1) is 14.8. The van der Waals surface area contributed by atoms with Crippen molar-refractivity contribution in [3.63, 3.8) is 0 Å². The van der Waals surface area contributed by atoms with Gasteiger partial charge in [0.1, 0.15) is 18.2 Å². The minimum Gasteiger partial charge on any atom is -0.489 e. The van der Waals surface area contributed by atoms with Gasteiger partial charge >= 0.3 is 0 Å². The molecule has 2 aromatic carbocycles. The average molecular weight is 398 g/mol. The maximum absolute atomic E-state index is 5.84. The summed E-state index contributed by atoms with van der Waals surface area (Å²) in [5.74, 6) is 2.52. The number of nitrogens with zero attached hydrogens (tertiary/aromatic N) is 1. The summed E-state index contributed by atoms with van der Waals surface area (Å²) in [4.78, 5) is 4.76. The third-order valence-electron chi connectivity index (χ3n) is 5.99. The van der Waals surface area contributed by atoms with Crippen molar-refractivity contribution in [2.24, 2.45) is 0 Å². The third kappa shape index (κ3) is 4.24. The number of pyridine rings is 1. The molecule has 4 heteroatoms. The molecular formula is C26H27N3O. The maximum Gasteiger partial charge on any atom is 0.133 e. The molecule has 0 atom stereocenters. The van der Waals surface area contributed by atoms with Crippen LogP contribution in [0.15, 0.2) is 72.9 Å². The highest BCUT2D eigenvalue weighted by Gasteiger charge is 2.19. The van der Waals surface area contributed by atoms with Crippen molar-refractivity contribution in [3.05, 3.63) is 95.2 Å². The molecule has 3 aromatic rings. The number of rotatable bonds is 5. The van der Waals surface area contributed by atoms with E-state index in [0.29, 0.717) is 12.5 Å². The van der Waals surface area contributed by atoms with Gasteiger partial charge in [-0.25, -0.2) is 4.98 Å². The fourth-order valence-corrected chi connectivity index (χ4v) is 4.22. The quantitative estimate of drug-likeness (QED) is 0.626. The summed E-state index contributed by atoms with van der Waals surface area (Å²) in [5.41, 5.74) is 6.14. The van der Waals surface area contributed by atoms with Crippen LogP contribution >= 0.6 is 0 Å². The van der Waals surface area contributed by atoms with Crippen molar-refractivity contribution < 1.29 is 4.74 Å². The highest BCUT2D eigenvalue weighted by atomic mass is 16.5. The Labute approximate surface area is 178 Å². The van der Waals surface area contributed by atoms with Gasteiger partial charge in [0.15, 0.2) is 0 Å². The molecule has 0 saturated carbocycles. The number of fused-ring (bicyclic) bond motifs is 1. The van der Waals surface area contributed by atoms with Crippen LogP contribution in [0.2, 0.25) is 0 Å². The number of para-hydroxylation sites is 1. The second-order valence-electron chi connectivity index (χ2n) is 8.05. The summed E-state index contributed by atoms with van der Waals surface area (Å²) in [5, 5.41) is 6.97. The fourth-order valence-electron chi connectivity index (χ4n) is 4.22. The summed E-state index contributed by atoms with van der Waals surface area (Å²) in [7, 11) is 0. The molecule has 0 bridgehead atoms. The molecular weight excluding hydrogens is 370 g/mol. The predicted molar refractivity (Wildman–Crippen MR) is 122 cm³/mol. The molecule has 3 heterocycles. The molecule has 0 aliphatic carbocycles. The van der Waals surface area contributed by atoms with Crippen molar-refractivity contribution in [2.75, 3.05) is 18.4 Å². The van der Waals surface area contributed by atoms with Crippen LogP contribution < -0.4 is 15.4 Å². The lowest BCUT2D eigenvalue weighted by molar-refractivity contribution is 0.306. The molecule has 30 heavy (non-hydrogen) atoms. The van der Waals surface area contributed by atoms with E-state index in [1.54, 1.807) is 0 Å². The second-order valence-corrected chi connectivity index (χ2v) is 8.05. The van der Waals surface area contributed by atoms with Crippen molar-refractivity contribution in [1.82, 2.24) is 10.3 Å². The summed E-state index contributed by atoms with van der Waals surface area (Å²) < 4.78 is 5.84. The van der Waals surface area contributed by atoms with Crippen molar-refractivity contribution in [3.8, 4) is 5.75 Å². The predicted octanol–water partition coefficient (Wildman–Crippen LogP) is 5.14. The molecule has 5 rings (SSSR count). The van der Waals surface area contributed by atoms with Crippen LogP contribution in [-0.4, -0.2) is 18.1 Å². The zero-order valence-corrected chi connectivity index (χ0v) is 17.1. The Bertz CT molecular complexity index is 1020. The largest absolute Gasteiger partial charge is 0.489 e. The van der Waals surface area contributed by atoms with E-state index in [2.05, 4.69) is 53.2 Å². The Morgan fingerprint density at radius 1 is 0.967 bits per heavy atom. The summed E-state index contributed by atoms with van der Waals surface area (Å²) in [6, 6.07) is 20.8. The van der Waals surface area contributed by atoms with E-state index in [1.807, 2.05) is 30.3 Å².